The molecule has 0 unspecified atom stereocenters. The molecular formula is C24H22ClIN2O3. The highest BCUT2D eigenvalue weighted by Crippen LogP contribution is 2.34. The number of hydrogen-bond acceptors (Lipinski definition) is 4. The number of carbonyl (C=O) groups excluding carboxylic acids is 1. The largest absolute Gasteiger partial charge is 0.490 e. The van der Waals surface area contributed by atoms with E-state index in [0.717, 1.165) is 20.4 Å². The Labute approximate surface area is 200 Å². The van der Waals surface area contributed by atoms with Gasteiger partial charge in [-0.25, -0.2) is 0 Å². The van der Waals surface area contributed by atoms with E-state index >= 15 is 0 Å². The fourth-order valence-corrected chi connectivity index (χ4v) is 3.70. The van der Waals surface area contributed by atoms with Crippen molar-refractivity contribution in [3.8, 4) is 11.5 Å². The molecule has 160 valence electrons. The maximum Gasteiger partial charge on any atom is 0.262 e. The Morgan fingerprint density at radius 3 is 2.61 bits per heavy atom. The quantitative estimate of drug-likeness (QED) is 0.261. The van der Waals surface area contributed by atoms with Crippen molar-refractivity contribution in [2.24, 2.45) is 4.99 Å². The predicted molar refractivity (Wildman–Crippen MR) is 134 cm³/mol. The van der Waals surface area contributed by atoms with E-state index in [1.54, 1.807) is 18.3 Å². The van der Waals surface area contributed by atoms with Gasteiger partial charge in [0, 0.05) is 16.9 Å². The molecule has 0 spiro atoms. The van der Waals surface area contributed by atoms with Gasteiger partial charge < -0.3 is 14.8 Å². The molecule has 3 aromatic rings. The van der Waals surface area contributed by atoms with Crippen molar-refractivity contribution in [2.75, 3.05) is 18.5 Å². The minimum absolute atomic E-state index is 0.154. The number of benzene rings is 3. The first-order chi connectivity index (χ1) is 15.0. The second kappa shape index (κ2) is 11.2. The molecule has 0 aliphatic rings. The number of ether oxygens (including phenoxy) is 2. The van der Waals surface area contributed by atoms with E-state index in [2.05, 4.69) is 32.9 Å². The molecule has 0 aromatic heterocycles. The van der Waals surface area contributed by atoms with Crippen LogP contribution in [0, 0.1) is 10.5 Å². The lowest BCUT2D eigenvalue weighted by atomic mass is 10.2. The number of rotatable bonds is 8. The van der Waals surface area contributed by atoms with Crippen molar-refractivity contribution in [3.05, 3.63) is 80.4 Å². The standard InChI is InChI=1S/C24H22ClIN2O3/c1-3-30-22-12-17(14-27-18-7-5-4-6-8-18)11-21(26)24(22)31-15-23(29)28-19-10-9-16(2)20(25)13-19/h4-14H,3,15H2,1-2H3,(H,28,29). The Bertz CT molecular complexity index is 1090. The van der Waals surface area contributed by atoms with Crippen LogP contribution in [-0.2, 0) is 4.79 Å². The summed E-state index contributed by atoms with van der Waals surface area (Å²) in [6.45, 7) is 4.12. The predicted octanol–water partition coefficient (Wildman–Crippen LogP) is 6.42. The van der Waals surface area contributed by atoms with Crippen molar-refractivity contribution in [1.29, 1.82) is 0 Å². The van der Waals surface area contributed by atoms with E-state index in [-0.39, 0.29) is 12.5 Å². The van der Waals surface area contributed by atoms with Crippen LogP contribution in [0.25, 0.3) is 0 Å². The SMILES string of the molecule is CCOc1cc(C=Nc2ccccc2)cc(I)c1OCC(=O)Nc1ccc(C)c(Cl)c1. The van der Waals surface area contributed by atoms with Gasteiger partial charge in [0.05, 0.1) is 15.9 Å². The fourth-order valence-electron chi connectivity index (χ4n) is 2.73. The minimum atomic E-state index is -0.284. The van der Waals surface area contributed by atoms with Gasteiger partial charge in [-0.15, -0.1) is 0 Å². The first-order valence-corrected chi connectivity index (χ1v) is 11.2. The Kier molecular flexibility index (Phi) is 8.31. The van der Waals surface area contributed by atoms with Gasteiger partial charge in [0.15, 0.2) is 18.1 Å². The molecule has 31 heavy (non-hydrogen) atoms. The summed E-state index contributed by atoms with van der Waals surface area (Å²) in [5.41, 5.74) is 3.31. The average Bonchev–Trinajstić information content (AvgIpc) is 2.75. The highest BCUT2D eigenvalue weighted by molar-refractivity contribution is 14.1. The molecular weight excluding hydrogens is 527 g/mol. The molecule has 0 aliphatic heterocycles. The molecule has 0 saturated carbocycles. The van der Waals surface area contributed by atoms with Crippen LogP contribution in [0.2, 0.25) is 5.02 Å². The lowest BCUT2D eigenvalue weighted by Gasteiger charge is -2.15. The van der Waals surface area contributed by atoms with Crippen molar-refractivity contribution >= 4 is 57.7 Å². The van der Waals surface area contributed by atoms with E-state index in [0.29, 0.717) is 28.8 Å². The molecule has 3 aromatic carbocycles. The zero-order chi connectivity index (χ0) is 22.2. The van der Waals surface area contributed by atoms with Crippen LogP contribution in [0.1, 0.15) is 18.1 Å². The summed E-state index contributed by atoms with van der Waals surface area (Å²) in [5.74, 6) is 0.805. The summed E-state index contributed by atoms with van der Waals surface area (Å²) in [5, 5.41) is 3.39. The number of nitrogens with zero attached hydrogens (tertiary/aromatic N) is 1. The van der Waals surface area contributed by atoms with Gasteiger partial charge in [-0.1, -0.05) is 35.9 Å². The van der Waals surface area contributed by atoms with E-state index in [4.69, 9.17) is 21.1 Å². The smallest absolute Gasteiger partial charge is 0.262 e. The van der Waals surface area contributed by atoms with Crippen LogP contribution in [0.3, 0.4) is 0 Å². The van der Waals surface area contributed by atoms with Gasteiger partial charge in [0.25, 0.3) is 5.91 Å². The highest BCUT2D eigenvalue weighted by atomic mass is 127. The normalized spacial score (nSPS) is 10.8. The second-order valence-electron chi connectivity index (χ2n) is 6.66. The van der Waals surface area contributed by atoms with Crippen molar-refractivity contribution in [3.63, 3.8) is 0 Å². The highest BCUT2D eigenvalue weighted by Gasteiger charge is 2.14. The maximum atomic E-state index is 12.3. The Hall–Kier alpha value is -2.58. The Morgan fingerprint density at radius 2 is 1.90 bits per heavy atom. The molecule has 0 atom stereocenters. The third-order valence-electron chi connectivity index (χ3n) is 4.25. The average molecular weight is 549 g/mol. The molecule has 0 saturated heterocycles. The summed E-state index contributed by atoms with van der Waals surface area (Å²) in [4.78, 5) is 16.8. The molecule has 5 nitrogen and oxygen atoms in total. The molecule has 1 N–H and O–H groups in total. The Morgan fingerprint density at radius 1 is 1.13 bits per heavy atom. The summed E-state index contributed by atoms with van der Waals surface area (Å²) in [6, 6.07) is 18.8. The van der Waals surface area contributed by atoms with Crippen LogP contribution in [0.4, 0.5) is 11.4 Å². The summed E-state index contributed by atoms with van der Waals surface area (Å²) in [7, 11) is 0. The van der Waals surface area contributed by atoms with Crippen LogP contribution >= 0.6 is 34.2 Å². The minimum Gasteiger partial charge on any atom is -0.490 e. The number of para-hydroxylation sites is 1. The monoisotopic (exact) mass is 548 g/mol. The first-order valence-electron chi connectivity index (χ1n) is 9.70. The summed E-state index contributed by atoms with van der Waals surface area (Å²) < 4.78 is 12.4. The number of halogens is 2. The van der Waals surface area contributed by atoms with Crippen molar-refractivity contribution in [2.45, 2.75) is 13.8 Å². The molecule has 3 rings (SSSR count). The van der Waals surface area contributed by atoms with Gasteiger partial charge in [-0.2, -0.15) is 0 Å². The number of anilines is 1. The molecule has 0 bridgehead atoms. The van der Waals surface area contributed by atoms with Gasteiger partial charge in [-0.3, -0.25) is 9.79 Å². The number of amides is 1. The summed E-state index contributed by atoms with van der Waals surface area (Å²) >= 11 is 8.28. The zero-order valence-electron chi connectivity index (χ0n) is 17.2. The van der Waals surface area contributed by atoms with Crippen molar-refractivity contribution < 1.29 is 14.3 Å². The van der Waals surface area contributed by atoms with Crippen molar-refractivity contribution in [1.82, 2.24) is 0 Å². The first kappa shape index (κ1) is 23.1. The number of hydrogen-bond donors (Lipinski definition) is 1. The van der Waals surface area contributed by atoms with Crippen LogP contribution in [-0.4, -0.2) is 25.3 Å². The lowest BCUT2D eigenvalue weighted by Crippen LogP contribution is -2.20. The number of aliphatic imine (C=N–C) groups is 1. The van der Waals surface area contributed by atoms with Crippen LogP contribution < -0.4 is 14.8 Å². The zero-order valence-corrected chi connectivity index (χ0v) is 20.1. The summed E-state index contributed by atoms with van der Waals surface area (Å²) in [6.07, 6.45) is 1.78. The third kappa shape index (κ3) is 6.70. The molecule has 7 heteroatoms. The lowest BCUT2D eigenvalue weighted by molar-refractivity contribution is -0.118. The Balaban J connectivity index is 1.71. The second-order valence-corrected chi connectivity index (χ2v) is 8.23. The van der Waals surface area contributed by atoms with Crippen LogP contribution in [0.5, 0.6) is 11.5 Å². The molecule has 0 aliphatic carbocycles. The van der Waals surface area contributed by atoms with E-state index in [1.165, 1.54) is 0 Å². The number of aryl methyl sites for hydroxylation is 1. The van der Waals surface area contributed by atoms with E-state index in [1.807, 2.05) is 62.4 Å². The molecule has 1 amide bonds. The molecule has 0 fully saturated rings. The van der Waals surface area contributed by atoms with Crippen LogP contribution in [0.15, 0.2) is 65.7 Å². The van der Waals surface area contributed by atoms with Gasteiger partial charge >= 0.3 is 0 Å². The number of carbonyl (C=O) groups is 1. The fraction of sp³-hybridized carbons (Fsp3) is 0.167. The topological polar surface area (TPSA) is 59.9 Å². The molecule has 0 heterocycles. The third-order valence-corrected chi connectivity index (χ3v) is 5.46. The molecule has 0 radical (unpaired) electrons. The number of nitrogens with one attached hydrogen (secondary N) is 1. The van der Waals surface area contributed by atoms with Gasteiger partial charge in [0.1, 0.15) is 0 Å². The van der Waals surface area contributed by atoms with E-state index in [9.17, 15) is 4.79 Å². The maximum absolute atomic E-state index is 12.3. The van der Waals surface area contributed by atoms with E-state index < -0.39 is 0 Å². The van der Waals surface area contributed by atoms with Gasteiger partial charge in [-0.05, 0) is 84.0 Å². The van der Waals surface area contributed by atoms with Gasteiger partial charge in [0.2, 0.25) is 0 Å².